The maximum atomic E-state index is 13.2. The predicted molar refractivity (Wildman–Crippen MR) is 138 cm³/mol. The minimum atomic E-state index is -0.523. The molecule has 0 fully saturated rings. The Balaban J connectivity index is 1.62. The molecule has 0 amide bonds. The minimum absolute atomic E-state index is 0.134. The highest BCUT2D eigenvalue weighted by Crippen LogP contribution is 2.42. The second kappa shape index (κ2) is 9.75. The number of rotatable bonds is 6. The number of hydrogen-bond acceptors (Lipinski definition) is 8. The summed E-state index contributed by atoms with van der Waals surface area (Å²) in [6.07, 6.45) is 3.48. The van der Waals surface area contributed by atoms with Gasteiger partial charge in [-0.1, -0.05) is 30.0 Å². The van der Waals surface area contributed by atoms with Gasteiger partial charge in [0.25, 0.3) is 0 Å². The number of benzene rings is 3. The van der Waals surface area contributed by atoms with Gasteiger partial charge in [-0.2, -0.15) is 5.10 Å². The van der Waals surface area contributed by atoms with E-state index in [4.69, 9.17) is 14.6 Å². The van der Waals surface area contributed by atoms with Crippen LogP contribution in [0.5, 0.6) is 5.75 Å². The molecule has 1 aliphatic heterocycles. The number of carbonyl (C=O) groups excluding carboxylic acids is 2. The third kappa shape index (κ3) is 4.50. The number of aromatic nitrogens is 2. The minimum Gasteiger partial charge on any atom is -0.490 e. The zero-order valence-electron chi connectivity index (χ0n) is 19.7. The van der Waals surface area contributed by atoms with Crippen LogP contribution in [0.15, 0.2) is 82.7 Å². The molecule has 1 aliphatic rings. The highest BCUT2D eigenvalue weighted by Gasteiger charge is 2.28. The van der Waals surface area contributed by atoms with Gasteiger partial charge in [0.15, 0.2) is 5.75 Å². The summed E-state index contributed by atoms with van der Waals surface area (Å²) in [6.45, 7) is 0. The fraction of sp³-hybridized carbons (Fsp3) is 0.0741. The molecule has 184 valence electrons. The molecule has 0 bridgehead atoms. The van der Waals surface area contributed by atoms with Crippen LogP contribution in [-0.2, 0) is 4.74 Å². The van der Waals surface area contributed by atoms with E-state index < -0.39 is 10.9 Å². The SMILES string of the molecule is COC(=O)c1ccc2c(c1)C(=O)C(=Cc1cn(-c3ccccc3)nc1-c1ccc(OC)c([N+](=O)[O-])c1)S2. The average Bonchev–Trinajstić information content (AvgIpc) is 3.49. The first-order chi connectivity index (χ1) is 17.9. The van der Waals surface area contributed by atoms with Crippen LogP contribution in [0.25, 0.3) is 23.0 Å². The molecule has 0 radical (unpaired) electrons. The van der Waals surface area contributed by atoms with Gasteiger partial charge in [-0.25, -0.2) is 9.48 Å². The number of nitro benzene ring substituents is 1. The van der Waals surface area contributed by atoms with Crippen LogP contribution in [-0.4, -0.2) is 40.7 Å². The molecule has 37 heavy (non-hydrogen) atoms. The molecule has 5 rings (SSSR count). The van der Waals surface area contributed by atoms with Crippen molar-refractivity contribution >= 4 is 35.3 Å². The van der Waals surface area contributed by atoms with E-state index in [9.17, 15) is 19.7 Å². The second-order valence-electron chi connectivity index (χ2n) is 8.00. The van der Waals surface area contributed by atoms with Crippen LogP contribution < -0.4 is 4.74 Å². The number of methoxy groups -OCH3 is 2. The van der Waals surface area contributed by atoms with E-state index in [0.29, 0.717) is 32.9 Å². The Bertz CT molecular complexity index is 1590. The summed E-state index contributed by atoms with van der Waals surface area (Å²) in [6, 6.07) is 18.9. The number of Topliss-reactive ketones (excluding diaryl/α,β-unsaturated/α-hetero) is 1. The maximum Gasteiger partial charge on any atom is 0.337 e. The molecule has 4 aromatic rings. The Kier molecular flexibility index (Phi) is 6.33. The fourth-order valence-electron chi connectivity index (χ4n) is 3.99. The molecule has 0 unspecified atom stereocenters. The quantitative estimate of drug-likeness (QED) is 0.142. The Morgan fingerprint density at radius 2 is 1.86 bits per heavy atom. The first kappa shape index (κ1) is 24.0. The Labute approximate surface area is 215 Å². The predicted octanol–water partition coefficient (Wildman–Crippen LogP) is 5.57. The molecule has 10 heteroatoms. The van der Waals surface area contributed by atoms with Crippen molar-refractivity contribution in [1.82, 2.24) is 9.78 Å². The first-order valence-electron chi connectivity index (χ1n) is 11.0. The summed E-state index contributed by atoms with van der Waals surface area (Å²) in [7, 11) is 2.65. The highest BCUT2D eigenvalue weighted by atomic mass is 32.2. The van der Waals surface area contributed by atoms with Crippen molar-refractivity contribution in [2.75, 3.05) is 14.2 Å². The summed E-state index contributed by atoms with van der Waals surface area (Å²) in [5, 5.41) is 16.3. The average molecular weight is 514 g/mol. The summed E-state index contributed by atoms with van der Waals surface area (Å²) < 4.78 is 11.6. The van der Waals surface area contributed by atoms with Gasteiger partial charge < -0.3 is 9.47 Å². The highest BCUT2D eigenvalue weighted by molar-refractivity contribution is 8.04. The molecule has 0 spiro atoms. The molecule has 0 atom stereocenters. The standard InChI is InChI=1S/C27H19N3O6S/c1-35-22-10-8-16(13-21(22)30(33)34)25-18(15-29(28-25)19-6-4-3-5-7-19)14-24-26(31)20-12-17(27(32)36-2)9-11-23(20)37-24/h3-15H,1-2H3. The molecule has 3 aromatic carbocycles. The topological polar surface area (TPSA) is 114 Å². The third-order valence-corrected chi connectivity index (χ3v) is 6.89. The number of nitrogens with zero attached hydrogens (tertiary/aromatic N) is 3. The van der Waals surface area contributed by atoms with E-state index in [-0.39, 0.29) is 17.2 Å². The lowest BCUT2D eigenvalue weighted by atomic mass is 10.0. The van der Waals surface area contributed by atoms with E-state index >= 15 is 0 Å². The van der Waals surface area contributed by atoms with Gasteiger partial charge in [-0.05, 0) is 48.5 Å². The van der Waals surface area contributed by atoms with Crippen molar-refractivity contribution in [3.8, 4) is 22.7 Å². The number of para-hydroxylation sites is 1. The Hall–Kier alpha value is -4.70. The number of esters is 1. The van der Waals surface area contributed by atoms with E-state index in [2.05, 4.69) is 0 Å². The van der Waals surface area contributed by atoms with Crippen LogP contribution >= 0.6 is 11.8 Å². The number of thioether (sulfide) groups is 1. The van der Waals surface area contributed by atoms with Crippen LogP contribution in [0.3, 0.4) is 0 Å². The lowest BCUT2D eigenvalue weighted by Gasteiger charge is -2.05. The zero-order valence-corrected chi connectivity index (χ0v) is 20.5. The van der Waals surface area contributed by atoms with Crippen LogP contribution in [0.2, 0.25) is 0 Å². The lowest BCUT2D eigenvalue weighted by molar-refractivity contribution is -0.385. The van der Waals surface area contributed by atoms with E-state index in [0.717, 1.165) is 10.6 Å². The van der Waals surface area contributed by atoms with Gasteiger partial charge in [0.05, 0.1) is 35.3 Å². The summed E-state index contributed by atoms with van der Waals surface area (Å²) in [5.74, 6) is -0.620. The largest absolute Gasteiger partial charge is 0.490 e. The van der Waals surface area contributed by atoms with Crippen LogP contribution in [0, 0.1) is 10.1 Å². The molecular weight excluding hydrogens is 494 g/mol. The van der Waals surface area contributed by atoms with Gasteiger partial charge >= 0.3 is 11.7 Å². The van der Waals surface area contributed by atoms with Crippen molar-refractivity contribution in [3.05, 3.63) is 105 Å². The van der Waals surface area contributed by atoms with E-state index in [1.54, 1.807) is 35.2 Å². The smallest absolute Gasteiger partial charge is 0.337 e. The molecule has 1 aromatic heterocycles. The second-order valence-corrected chi connectivity index (χ2v) is 9.08. The van der Waals surface area contributed by atoms with Gasteiger partial charge in [-0.15, -0.1) is 0 Å². The van der Waals surface area contributed by atoms with E-state index in [1.807, 2.05) is 30.3 Å². The summed E-state index contributed by atoms with van der Waals surface area (Å²) >= 11 is 1.28. The third-order valence-electron chi connectivity index (χ3n) is 5.79. The zero-order chi connectivity index (χ0) is 26.1. The monoisotopic (exact) mass is 513 g/mol. The maximum absolute atomic E-state index is 13.2. The number of fused-ring (bicyclic) bond motifs is 1. The molecule has 0 saturated heterocycles. The lowest BCUT2D eigenvalue weighted by Crippen LogP contribution is -2.03. The molecular formula is C27H19N3O6S. The van der Waals surface area contributed by atoms with Crippen LogP contribution in [0.1, 0.15) is 26.3 Å². The van der Waals surface area contributed by atoms with Gasteiger partial charge in [-0.3, -0.25) is 14.9 Å². The summed E-state index contributed by atoms with van der Waals surface area (Å²) in [5.41, 5.74) is 2.85. The number of allylic oxidation sites excluding steroid dienone is 1. The number of hydrogen-bond donors (Lipinski definition) is 0. The number of nitro groups is 1. The number of ether oxygens (including phenoxy) is 2. The van der Waals surface area contributed by atoms with Crippen molar-refractivity contribution < 1.29 is 24.0 Å². The van der Waals surface area contributed by atoms with Crippen molar-refractivity contribution in [1.29, 1.82) is 0 Å². The molecule has 0 aliphatic carbocycles. The Morgan fingerprint density at radius 1 is 1.08 bits per heavy atom. The molecule has 0 saturated carbocycles. The molecule has 9 nitrogen and oxygen atoms in total. The van der Waals surface area contributed by atoms with Crippen LogP contribution in [0.4, 0.5) is 5.69 Å². The fourth-order valence-corrected chi connectivity index (χ4v) is 5.01. The number of carbonyl (C=O) groups is 2. The van der Waals surface area contributed by atoms with Crippen molar-refractivity contribution in [2.24, 2.45) is 0 Å². The van der Waals surface area contributed by atoms with E-state index in [1.165, 1.54) is 44.2 Å². The van der Waals surface area contributed by atoms with Gasteiger partial charge in [0.1, 0.15) is 5.69 Å². The van der Waals surface area contributed by atoms with Gasteiger partial charge in [0.2, 0.25) is 5.78 Å². The summed E-state index contributed by atoms with van der Waals surface area (Å²) in [4.78, 5) is 37.4. The van der Waals surface area contributed by atoms with Crippen molar-refractivity contribution in [3.63, 3.8) is 0 Å². The van der Waals surface area contributed by atoms with Crippen molar-refractivity contribution in [2.45, 2.75) is 4.90 Å². The number of ketones is 1. The molecule has 2 heterocycles. The first-order valence-corrected chi connectivity index (χ1v) is 11.9. The normalized spacial score (nSPS) is 13.5. The van der Waals surface area contributed by atoms with Gasteiger partial charge in [0, 0.05) is 33.8 Å². The Morgan fingerprint density at radius 3 is 2.57 bits per heavy atom. The molecule has 0 N–H and O–H groups in total.